The topological polar surface area (TPSA) is 41.9 Å². The number of benzene rings is 1. The van der Waals surface area contributed by atoms with Crippen LogP contribution in [0.15, 0.2) is 55.0 Å². The highest BCUT2D eigenvalue weighted by Crippen LogP contribution is 2.26. The van der Waals surface area contributed by atoms with E-state index < -0.39 is 0 Å². The average molecular weight is 334 g/mol. The number of hydrogen-bond acceptors (Lipinski definition) is 4. The van der Waals surface area contributed by atoms with Crippen LogP contribution in [0.25, 0.3) is 11.3 Å². The monoisotopic (exact) mass is 334 g/mol. The lowest BCUT2D eigenvalue weighted by Crippen LogP contribution is -2.26. The van der Waals surface area contributed by atoms with E-state index in [-0.39, 0.29) is 5.82 Å². The summed E-state index contributed by atoms with van der Waals surface area (Å²) in [7, 11) is 0. The fourth-order valence-corrected chi connectivity index (χ4v) is 3.31. The third-order valence-corrected chi connectivity index (χ3v) is 4.61. The molecule has 126 valence electrons. The molecule has 5 heteroatoms. The molecule has 0 fully saturated rings. The van der Waals surface area contributed by atoms with E-state index in [1.54, 1.807) is 18.5 Å². The second-order valence-electron chi connectivity index (χ2n) is 6.25. The lowest BCUT2D eigenvalue weighted by Gasteiger charge is -2.18. The first kappa shape index (κ1) is 15.8. The van der Waals surface area contributed by atoms with Gasteiger partial charge >= 0.3 is 0 Å². The largest absolute Gasteiger partial charge is 0.297 e. The maximum absolute atomic E-state index is 13.2. The van der Waals surface area contributed by atoms with Crippen molar-refractivity contribution in [3.63, 3.8) is 0 Å². The predicted molar refractivity (Wildman–Crippen MR) is 94.3 cm³/mol. The van der Waals surface area contributed by atoms with E-state index in [9.17, 15) is 4.39 Å². The van der Waals surface area contributed by atoms with Crippen molar-refractivity contribution >= 4 is 0 Å². The summed E-state index contributed by atoms with van der Waals surface area (Å²) in [6.07, 6.45) is 5.22. The van der Waals surface area contributed by atoms with Crippen LogP contribution in [0, 0.1) is 5.82 Å². The van der Waals surface area contributed by atoms with Gasteiger partial charge in [-0.1, -0.05) is 6.07 Å². The first-order chi connectivity index (χ1) is 12.3. The number of nitrogens with zero attached hydrogens (tertiary/aromatic N) is 4. The first-order valence-corrected chi connectivity index (χ1v) is 8.50. The van der Waals surface area contributed by atoms with Gasteiger partial charge in [0.2, 0.25) is 0 Å². The van der Waals surface area contributed by atoms with Crippen molar-refractivity contribution in [2.24, 2.45) is 0 Å². The van der Waals surface area contributed by atoms with E-state index >= 15 is 0 Å². The fourth-order valence-electron chi connectivity index (χ4n) is 3.31. The molecule has 1 aliphatic rings. The van der Waals surface area contributed by atoms with E-state index in [0.29, 0.717) is 0 Å². The van der Waals surface area contributed by atoms with Crippen LogP contribution >= 0.6 is 0 Å². The molecule has 0 saturated carbocycles. The third-order valence-electron chi connectivity index (χ3n) is 4.61. The zero-order valence-corrected chi connectivity index (χ0v) is 13.9. The van der Waals surface area contributed by atoms with Gasteiger partial charge in [0.1, 0.15) is 12.1 Å². The molecule has 3 heterocycles. The maximum atomic E-state index is 13.2. The molecule has 0 bridgehead atoms. The van der Waals surface area contributed by atoms with Crippen LogP contribution in [0.3, 0.4) is 0 Å². The van der Waals surface area contributed by atoms with Crippen molar-refractivity contribution in [2.75, 3.05) is 13.1 Å². The summed E-state index contributed by atoms with van der Waals surface area (Å²) < 4.78 is 13.2. The predicted octanol–water partition coefficient (Wildman–Crippen LogP) is 3.28. The number of hydrogen-bond donors (Lipinski definition) is 0. The standard InChI is InChI=1S/C20H19FN4/c21-16-6-4-15(5-7-16)20-18-8-11-25(12-9-19(18)23-14-24-20)13-17-3-1-2-10-22-17/h1-7,10,14H,8-9,11-13H2. The molecule has 0 unspecified atom stereocenters. The molecule has 25 heavy (non-hydrogen) atoms. The molecule has 0 spiro atoms. The van der Waals surface area contributed by atoms with Gasteiger partial charge in [-0.3, -0.25) is 9.88 Å². The Morgan fingerprint density at radius 1 is 0.920 bits per heavy atom. The molecule has 4 rings (SSSR count). The van der Waals surface area contributed by atoms with Crippen molar-refractivity contribution in [1.29, 1.82) is 0 Å². The minimum Gasteiger partial charge on any atom is -0.297 e. The van der Waals surface area contributed by atoms with Gasteiger partial charge < -0.3 is 0 Å². The molecule has 1 aliphatic heterocycles. The minimum atomic E-state index is -0.231. The van der Waals surface area contributed by atoms with Gasteiger partial charge in [-0.05, 0) is 42.8 Å². The number of halogens is 1. The summed E-state index contributed by atoms with van der Waals surface area (Å²) in [5.74, 6) is -0.231. The van der Waals surface area contributed by atoms with Crippen LogP contribution in [0.2, 0.25) is 0 Å². The van der Waals surface area contributed by atoms with Crippen LogP contribution in [0.5, 0.6) is 0 Å². The minimum absolute atomic E-state index is 0.231. The van der Waals surface area contributed by atoms with E-state index in [0.717, 1.165) is 55.1 Å². The summed E-state index contributed by atoms with van der Waals surface area (Å²) in [5.41, 5.74) is 5.22. The zero-order chi connectivity index (χ0) is 17.1. The van der Waals surface area contributed by atoms with Crippen LogP contribution in [-0.2, 0) is 19.4 Å². The zero-order valence-electron chi connectivity index (χ0n) is 13.9. The van der Waals surface area contributed by atoms with Gasteiger partial charge in [0.15, 0.2) is 0 Å². The third kappa shape index (κ3) is 3.56. The Hall–Kier alpha value is -2.66. The van der Waals surface area contributed by atoms with Crippen molar-refractivity contribution in [1.82, 2.24) is 19.9 Å². The second kappa shape index (κ2) is 7.07. The number of pyridine rings is 1. The van der Waals surface area contributed by atoms with Gasteiger partial charge in [0, 0.05) is 49.1 Å². The highest BCUT2D eigenvalue weighted by Gasteiger charge is 2.19. The Bertz CT molecular complexity index is 849. The van der Waals surface area contributed by atoms with E-state index in [4.69, 9.17) is 0 Å². The van der Waals surface area contributed by atoms with Gasteiger partial charge in [0.05, 0.1) is 11.4 Å². The summed E-state index contributed by atoms with van der Waals surface area (Å²) in [6, 6.07) is 12.5. The summed E-state index contributed by atoms with van der Waals surface area (Å²) in [5, 5.41) is 0. The van der Waals surface area contributed by atoms with Gasteiger partial charge in [-0.2, -0.15) is 0 Å². The molecule has 1 aromatic carbocycles. The Balaban J connectivity index is 1.57. The summed E-state index contributed by atoms with van der Waals surface area (Å²) >= 11 is 0. The van der Waals surface area contributed by atoms with Gasteiger partial charge in [-0.15, -0.1) is 0 Å². The van der Waals surface area contributed by atoms with Crippen molar-refractivity contribution < 1.29 is 4.39 Å². The van der Waals surface area contributed by atoms with Crippen LogP contribution in [0.1, 0.15) is 17.0 Å². The average Bonchev–Trinajstić information content (AvgIpc) is 2.86. The fraction of sp³-hybridized carbons (Fsp3) is 0.250. The Morgan fingerprint density at radius 3 is 2.56 bits per heavy atom. The van der Waals surface area contributed by atoms with Crippen LogP contribution in [-0.4, -0.2) is 32.9 Å². The van der Waals surface area contributed by atoms with Gasteiger partial charge in [-0.25, -0.2) is 14.4 Å². The molecule has 0 atom stereocenters. The van der Waals surface area contributed by atoms with Gasteiger partial charge in [0.25, 0.3) is 0 Å². The van der Waals surface area contributed by atoms with Crippen LogP contribution < -0.4 is 0 Å². The number of fused-ring (bicyclic) bond motifs is 1. The Kier molecular flexibility index (Phi) is 4.48. The molecule has 2 aromatic heterocycles. The second-order valence-corrected chi connectivity index (χ2v) is 6.25. The molecule has 0 N–H and O–H groups in total. The summed E-state index contributed by atoms with van der Waals surface area (Å²) in [4.78, 5) is 15.8. The SMILES string of the molecule is Fc1ccc(-c2ncnc3c2CCN(Cc2ccccn2)CC3)cc1. The highest BCUT2D eigenvalue weighted by atomic mass is 19.1. The number of rotatable bonds is 3. The van der Waals surface area contributed by atoms with Crippen molar-refractivity contribution in [2.45, 2.75) is 19.4 Å². The smallest absolute Gasteiger partial charge is 0.123 e. The van der Waals surface area contributed by atoms with Crippen LogP contribution in [0.4, 0.5) is 4.39 Å². The lowest BCUT2D eigenvalue weighted by atomic mass is 10.0. The quantitative estimate of drug-likeness (QED) is 0.737. The molecule has 3 aromatic rings. The highest BCUT2D eigenvalue weighted by molar-refractivity contribution is 5.63. The van der Waals surface area contributed by atoms with Crippen molar-refractivity contribution in [3.05, 3.63) is 77.8 Å². The first-order valence-electron chi connectivity index (χ1n) is 8.50. The lowest BCUT2D eigenvalue weighted by molar-refractivity contribution is 0.275. The molecule has 4 nitrogen and oxygen atoms in total. The Labute approximate surface area is 146 Å². The molecular weight excluding hydrogens is 315 g/mol. The molecule has 0 amide bonds. The van der Waals surface area contributed by atoms with E-state index in [1.165, 1.54) is 17.7 Å². The normalized spacial score (nSPS) is 14.8. The van der Waals surface area contributed by atoms with E-state index in [1.807, 2.05) is 18.3 Å². The summed E-state index contributed by atoms with van der Waals surface area (Å²) in [6.45, 7) is 2.72. The number of aromatic nitrogens is 3. The molecule has 0 radical (unpaired) electrons. The van der Waals surface area contributed by atoms with E-state index in [2.05, 4.69) is 25.9 Å². The van der Waals surface area contributed by atoms with Crippen molar-refractivity contribution in [3.8, 4) is 11.3 Å². The Morgan fingerprint density at radius 2 is 1.76 bits per heavy atom. The maximum Gasteiger partial charge on any atom is 0.123 e. The molecule has 0 saturated heterocycles. The molecule has 0 aliphatic carbocycles. The molecular formula is C20H19FN4.